The van der Waals surface area contributed by atoms with Crippen molar-refractivity contribution in [3.05, 3.63) is 30.9 Å². The fourth-order valence-electron chi connectivity index (χ4n) is 3.50. The number of aromatic nitrogens is 5. The molecular formula is C20H27N7O. The predicted octanol–water partition coefficient (Wildman–Crippen LogP) is 3.55. The lowest BCUT2D eigenvalue weighted by molar-refractivity contribution is -0.0134. The summed E-state index contributed by atoms with van der Waals surface area (Å²) in [6.45, 7) is 8.20. The van der Waals surface area contributed by atoms with E-state index in [4.69, 9.17) is 9.72 Å². The summed E-state index contributed by atoms with van der Waals surface area (Å²) in [5.74, 6) is 2.20. The number of fused-ring (bicyclic) bond motifs is 1. The minimum atomic E-state index is -0.0505. The van der Waals surface area contributed by atoms with Crippen LogP contribution in [0.15, 0.2) is 30.9 Å². The summed E-state index contributed by atoms with van der Waals surface area (Å²) < 4.78 is 7.76. The zero-order chi connectivity index (χ0) is 19.7. The highest BCUT2D eigenvalue weighted by atomic mass is 16.5. The lowest BCUT2D eigenvalue weighted by Crippen LogP contribution is -2.44. The minimum Gasteiger partial charge on any atom is -0.378 e. The number of anilines is 3. The second kappa shape index (κ2) is 7.35. The van der Waals surface area contributed by atoms with Gasteiger partial charge in [0.05, 0.1) is 23.6 Å². The standard InChI is InChI=1S/C20H27N7O/c1-14(2)27-13-23-15-12-22-18(11-16(15)27)24-17-5-8-21-19(25-17)26-9-6-20(3,28-4)7-10-26/h5,8,11-14H,6-7,9-10H2,1-4H3,(H,21,22,24,25). The topological polar surface area (TPSA) is 81.0 Å². The summed E-state index contributed by atoms with van der Waals surface area (Å²) in [6.07, 6.45) is 7.35. The van der Waals surface area contributed by atoms with E-state index in [9.17, 15) is 0 Å². The molecule has 0 radical (unpaired) electrons. The van der Waals surface area contributed by atoms with Gasteiger partial charge in [0.15, 0.2) is 0 Å². The smallest absolute Gasteiger partial charge is 0.227 e. The zero-order valence-electron chi connectivity index (χ0n) is 16.9. The quantitative estimate of drug-likeness (QED) is 0.724. The third-order valence-electron chi connectivity index (χ3n) is 5.51. The monoisotopic (exact) mass is 381 g/mol. The first kappa shape index (κ1) is 18.6. The van der Waals surface area contributed by atoms with Crippen molar-refractivity contribution in [3.8, 4) is 0 Å². The Morgan fingerprint density at radius 2 is 1.93 bits per heavy atom. The van der Waals surface area contributed by atoms with Crippen molar-refractivity contribution in [3.63, 3.8) is 0 Å². The van der Waals surface area contributed by atoms with Crippen LogP contribution in [0.3, 0.4) is 0 Å². The summed E-state index contributed by atoms with van der Waals surface area (Å²) in [5.41, 5.74) is 1.89. The van der Waals surface area contributed by atoms with E-state index in [1.165, 1.54) is 0 Å². The molecule has 0 unspecified atom stereocenters. The van der Waals surface area contributed by atoms with Gasteiger partial charge in [-0.2, -0.15) is 4.98 Å². The number of imidazole rings is 1. The molecule has 1 fully saturated rings. The Morgan fingerprint density at radius 1 is 1.14 bits per heavy atom. The van der Waals surface area contributed by atoms with Gasteiger partial charge in [-0.3, -0.25) is 0 Å². The van der Waals surface area contributed by atoms with E-state index in [1.807, 2.05) is 18.5 Å². The van der Waals surface area contributed by atoms with Crippen LogP contribution in [0, 0.1) is 0 Å². The van der Waals surface area contributed by atoms with Crippen LogP contribution in [0.2, 0.25) is 0 Å². The molecule has 28 heavy (non-hydrogen) atoms. The molecule has 1 aliphatic heterocycles. The third kappa shape index (κ3) is 3.64. The molecule has 148 valence electrons. The molecule has 0 aromatic carbocycles. The van der Waals surface area contributed by atoms with Gasteiger partial charge in [-0.15, -0.1) is 0 Å². The van der Waals surface area contributed by atoms with Crippen molar-refractivity contribution in [2.45, 2.75) is 45.3 Å². The molecule has 4 heterocycles. The van der Waals surface area contributed by atoms with Crippen molar-refractivity contribution >= 4 is 28.6 Å². The van der Waals surface area contributed by atoms with Gasteiger partial charge in [0.1, 0.15) is 17.2 Å². The summed E-state index contributed by atoms with van der Waals surface area (Å²) in [6, 6.07) is 4.20. The van der Waals surface area contributed by atoms with E-state index in [2.05, 4.69) is 50.5 Å². The van der Waals surface area contributed by atoms with Gasteiger partial charge in [-0.05, 0) is 39.7 Å². The Balaban J connectivity index is 1.52. The number of piperidine rings is 1. The number of methoxy groups -OCH3 is 1. The van der Waals surface area contributed by atoms with Gasteiger partial charge in [0.25, 0.3) is 0 Å². The number of pyridine rings is 1. The molecule has 0 atom stereocenters. The zero-order valence-corrected chi connectivity index (χ0v) is 16.9. The average Bonchev–Trinajstić information content (AvgIpc) is 3.12. The molecule has 8 heteroatoms. The summed E-state index contributed by atoms with van der Waals surface area (Å²) in [4.78, 5) is 20.2. The molecule has 3 aromatic heterocycles. The first-order valence-electron chi connectivity index (χ1n) is 9.70. The van der Waals surface area contributed by atoms with Crippen molar-refractivity contribution in [1.82, 2.24) is 24.5 Å². The van der Waals surface area contributed by atoms with Gasteiger partial charge < -0.3 is 19.5 Å². The summed E-state index contributed by atoms with van der Waals surface area (Å²) in [5, 5.41) is 3.30. The number of hydrogen-bond acceptors (Lipinski definition) is 7. The molecule has 3 aromatic rings. The molecule has 0 amide bonds. The molecule has 1 saturated heterocycles. The maximum Gasteiger partial charge on any atom is 0.227 e. The number of ether oxygens (including phenoxy) is 1. The van der Waals surface area contributed by atoms with Crippen LogP contribution in [-0.4, -0.2) is 50.3 Å². The van der Waals surface area contributed by atoms with Crippen LogP contribution in [-0.2, 0) is 4.74 Å². The van der Waals surface area contributed by atoms with Gasteiger partial charge in [-0.1, -0.05) is 0 Å². The molecule has 0 spiro atoms. The highest BCUT2D eigenvalue weighted by molar-refractivity contribution is 5.78. The van der Waals surface area contributed by atoms with Crippen LogP contribution < -0.4 is 10.2 Å². The maximum atomic E-state index is 5.63. The van der Waals surface area contributed by atoms with Crippen molar-refractivity contribution in [2.75, 3.05) is 30.4 Å². The van der Waals surface area contributed by atoms with E-state index < -0.39 is 0 Å². The Bertz CT molecular complexity index is 960. The van der Waals surface area contributed by atoms with Crippen LogP contribution in [0.5, 0.6) is 0 Å². The van der Waals surface area contributed by atoms with E-state index in [-0.39, 0.29) is 5.60 Å². The molecule has 1 N–H and O–H groups in total. The largest absolute Gasteiger partial charge is 0.378 e. The van der Waals surface area contributed by atoms with Crippen LogP contribution in [0.4, 0.5) is 17.6 Å². The highest BCUT2D eigenvalue weighted by Gasteiger charge is 2.30. The third-order valence-corrected chi connectivity index (χ3v) is 5.51. The maximum absolute atomic E-state index is 5.63. The van der Waals surface area contributed by atoms with Crippen molar-refractivity contribution in [1.29, 1.82) is 0 Å². The van der Waals surface area contributed by atoms with Crippen LogP contribution in [0.1, 0.15) is 39.7 Å². The number of nitrogens with one attached hydrogen (secondary N) is 1. The number of hydrogen-bond donors (Lipinski definition) is 1. The minimum absolute atomic E-state index is 0.0505. The molecule has 0 saturated carbocycles. The molecular weight excluding hydrogens is 354 g/mol. The van der Waals surface area contributed by atoms with Crippen LogP contribution in [0.25, 0.3) is 11.0 Å². The summed E-state index contributed by atoms with van der Waals surface area (Å²) >= 11 is 0. The van der Waals surface area contributed by atoms with Gasteiger partial charge in [0, 0.05) is 38.5 Å². The van der Waals surface area contributed by atoms with Crippen LogP contribution >= 0.6 is 0 Å². The Kier molecular flexibility index (Phi) is 4.89. The molecule has 8 nitrogen and oxygen atoms in total. The molecule has 0 aliphatic carbocycles. The lowest BCUT2D eigenvalue weighted by Gasteiger charge is -2.38. The number of nitrogens with zero attached hydrogens (tertiary/aromatic N) is 6. The molecule has 4 rings (SSSR count). The lowest BCUT2D eigenvalue weighted by atomic mass is 9.94. The fourth-order valence-corrected chi connectivity index (χ4v) is 3.50. The first-order chi connectivity index (χ1) is 13.5. The molecule has 1 aliphatic rings. The predicted molar refractivity (Wildman–Crippen MR) is 110 cm³/mol. The van der Waals surface area contributed by atoms with E-state index in [0.29, 0.717) is 6.04 Å². The normalized spacial score (nSPS) is 16.7. The fraction of sp³-hybridized carbons (Fsp3) is 0.500. The Morgan fingerprint density at radius 3 is 2.64 bits per heavy atom. The van der Waals surface area contributed by atoms with Gasteiger partial charge in [-0.25, -0.2) is 15.0 Å². The van der Waals surface area contributed by atoms with Gasteiger partial charge in [0.2, 0.25) is 5.95 Å². The molecule has 0 bridgehead atoms. The second-order valence-corrected chi connectivity index (χ2v) is 7.81. The van der Waals surface area contributed by atoms with Gasteiger partial charge >= 0.3 is 0 Å². The van der Waals surface area contributed by atoms with E-state index in [1.54, 1.807) is 19.5 Å². The highest BCUT2D eigenvalue weighted by Crippen LogP contribution is 2.27. The van der Waals surface area contributed by atoms with Crippen molar-refractivity contribution in [2.24, 2.45) is 0 Å². The summed E-state index contributed by atoms with van der Waals surface area (Å²) in [7, 11) is 1.78. The van der Waals surface area contributed by atoms with Crippen molar-refractivity contribution < 1.29 is 4.74 Å². The number of rotatable bonds is 5. The average molecular weight is 381 g/mol. The second-order valence-electron chi connectivity index (χ2n) is 7.81. The Hall–Kier alpha value is -2.74. The van der Waals surface area contributed by atoms with E-state index >= 15 is 0 Å². The first-order valence-corrected chi connectivity index (χ1v) is 9.70. The Labute approximate surface area is 165 Å². The SMILES string of the molecule is COC1(C)CCN(c2nccc(Nc3cc4c(cn3)ncn4C(C)C)n2)CC1. The van der Waals surface area contributed by atoms with E-state index in [0.717, 1.165) is 54.5 Å².